The molecule has 2 atom stereocenters. The number of halogens is 1. The van der Waals surface area contributed by atoms with Crippen molar-refractivity contribution in [1.29, 1.82) is 0 Å². The third-order valence-corrected chi connectivity index (χ3v) is 5.33. The van der Waals surface area contributed by atoms with Crippen LogP contribution in [0, 0.1) is 5.92 Å². The number of methoxy groups -OCH3 is 2. The van der Waals surface area contributed by atoms with Gasteiger partial charge in [-0.2, -0.15) is 0 Å². The summed E-state index contributed by atoms with van der Waals surface area (Å²) in [7, 11) is 3.17. The van der Waals surface area contributed by atoms with Crippen molar-refractivity contribution in [2.24, 2.45) is 5.92 Å². The molecule has 0 spiro atoms. The first-order valence-electron chi connectivity index (χ1n) is 7.36. The molecule has 2 aliphatic rings. The van der Waals surface area contributed by atoms with Crippen LogP contribution in [0.3, 0.4) is 0 Å². The maximum absolute atomic E-state index is 12.0. The van der Waals surface area contributed by atoms with E-state index in [1.54, 1.807) is 20.3 Å². The third-order valence-electron chi connectivity index (χ3n) is 4.93. The molecule has 0 amide bonds. The van der Waals surface area contributed by atoms with Crippen LogP contribution in [0.5, 0.6) is 11.5 Å². The molecule has 0 N–H and O–H groups in total. The fourth-order valence-corrected chi connectivity index (χ4v) is 4.17. The van der Waals surface area contributed by atoms with Gasteiger partial charge in [-0.25, -0.2) is 0 Å². The van der Waals surface area contributed by atoms with Crippen LogP contribution in [0.1, 0.15) is 24.0 Å². The number of allylic oxidation sites excluding steroid dienone is 3. The zero-order valence-corrected chi connectivity index (χ0v) is 13.6. The highest BCUT2D eigenvalue weighted by molar-refractivity contribution is 6.33. The molecule has 1 aromatic rings. The van der Waals surface area contributed by atoms with Crippen molar-refractivity contribution in [2.75, 3.05) is 14.2 Å². The second kappa shape index (κ2) is 5.47. The number of hydrogen-bond donors (Lipinski definition) is 0. The molecule has 116 valence electrons. The van der Waals surface area contributed by atoms with Gasteiger partial charge in [0.05, 0.1) is 19.2 Å². The van der Waals surface area contributed by atoms with Crippen molar-refractivity contribution in [3.8, 4) is 11.5 Å². The normalized spacial score (nSPS) is 26.1. The van der Waals surface area contributed by atoms with Crippen LogP contribution in [0.25, 0.3) is 0 Å². The lowest BCUT2D eigenvalue weighted by Gasteiger charge is -2.44. The predicted molar refractivity (Wildman–Crippen MR) is 87.0 cm³/mol. The van der Waals surface area contributed by atoms with Crippen molar-refractivity contribution >= 4 is 17.4 Å². The Balaban J connectivity index is 2.28. The van der Waals surface area contributed by atoms with Gasteiger partial charge < -0.3 is 9.47 Å². The Morgan fingerprint density at radius 1 is 1.41 bits per heavy atom. The highest BCUT2D eigenvalue weighted by Gasteiger charge is 2.45. The van der Waals surface area contributed by atoms with E-state index >= 15 is 0 Å². The quantitative estimate of drug-likeness (QED) is 0.794. The van der Waals surface area contributed by atoms with Crippen LogP contribution in [0.4, 0.5) is 0 Å². The summed E-state index contributed by atoms with van der Waals surface area (Å²) in [5, 5.41) is 0.582. The Morgan fingerprint density at radius 2 is 2.18 bits per heavy atom. The lowest BCUT2D eigenvalue weighted by Crippen LogP contribution is -2.41. The molecule has 2 aliphatic carbocycles. The average molecular weight is 319 g/mol. The van der Waals surface area contributed by atoms with Crippen LogP contribution in [0.2, 0.25) is 5.02 Å². The van der Waals surface area contributed by atoms with Crippen molar-refractivity contribution in [2.45, 2.75) is 24.7 Å². The van der Waals surface area contributed by atoms with Gasteiger partial charge in [-0.3, -0.25) is 4.79 Å². The van der Waals surface area contributed by atoms with Crippen molar-refractivity contribution < 1.29 is 14.3 Å². The van der Waals surface area contributed by atoms with E-state index < -0.39 is 5.41 Å². The molecular weight excluding hydrogens is 300 g/mol. The Hall–Kier alpha value is -1.74. The van der Waals surface area contributed by atoms with E-state index in [1.807, 2.05) is 18.2 Å². The molecular formula is C18H19ClO3. The summed E-state index contributed by atoms with van der Waals surface area (Å²) < 4.78 is 10.8. The number of benzene rings is 1. The number of carbonyl (C=O) groups is 1. The predicted octanol–water partition coefficient (Wildman–Crippen LogP) is 3.87. The standard InChI is InChI=1S/C18H19ClO3/c1-4-18-10-12(20)7-5-11(18)6-8-13-14(18)9-15(21-2)17(22-3)16(13)19/h4-5,7,9,11H,1,6,8,10H2,2-3H3/t11-,18-/m1/s1. The first-order chi connectivity index (χ1) is 10.6. The summed E-state index contributed by atoms with van der Waals surface area (Å²) >= 11 is 6.56. The highest BCUT2D eigenvalue weighted by Crippen LogP contribution is 2.53. The minimum atomic E-state index is -0.400. The summed E-state index contributed by atoms with van der Waals surface area (Å²) in [4.78, 5) is 12.0. The molecule has 3 nitrogen and oxygen atoms in total. The second-order valence-electron chi connectivity index (χ2n) is 5.84. The molecule has 0 fully saturated rings. The Labute approximate surface area is 135 Å². The van der Waals surface area contributed by atoms with Gasteiger partial charge in [-0.05, 0) is 42.0 Å². The molecule has 0 radical (unpaired) electrons. The minimum Gasteiger partial charge on any atom is -0.493 e. The molecule has 4 heteroatoms. The zero-order chi connectivity index (χ0) is 15.9. The molecule has 0 saturated heterocycles. The van der Waals surface area contributed by atoms with Crippen LogP contribution < -0.4 is 9.47 Å². The van der Waals surface area contributed by atoms with Crippen molar-refractivity contribution in [3.05, 3.63) is 47.0 Å². The zero-order valence-electron chi connectivity index (χ0n) is 12.8. The van der Waals surface area contributed by atoms with Gasteiger partial charge in [0.2, 0.25) is 0 Å². The monoisotopic (exact) mass is 318 g/mol. The molecule has 0 aromatic heterocycles. The summed E-state index contributed by atoms with van der Waals surface area (Å²) in [6.45, 7) is 4.02. The number of hydrogen-bond acceptors (Lipinski definition) is 3. The average Bonchev–Trinajstić information content (AvgIpc) is 2.54. The molecule has 1 aromatic carbocycles. The molecule has 0 heterocycles. The largest absolute Gasteiger partial charge is 0.493 e. The van der Waals surface area contributed by atoms with Gasteiger partial charge in [0.1, 0.15) is 0 Å². The van der Waals surface area contributed by atoms with E-state index in [1.165, 1.54) is 0 Å². The van der Waals surface area contributed by atoms with E-state index in [0.717, 1.165) is 24.0 Å². The SMILES string of the molecule is C=C[C@@]12CC(=O)C=C[C@@H]1CCc1c2cc(OC)c(OC)c1Cl. The van der Waals surface area contributed by atoms with E-state index in [9.17, 15) is 4.79 Å². The topological polar surface area (TPSA) is 35.5 Å². The van der Waals surface area contributed by atoms with Gasteiger partial charge in [-0.1, -0.05) is 23.8 Å². The van der Waals surface area contributed by atoms with Crippen LogP contribution in [-0.4, -0.2) is 20.0 Å². The number of ketones is 1. The Morgan fingerprint density at radius 3 is 2.82 bits per heavy atom. The third kappa shape index (κ3) is 1.99. The molecule has 0 unspecified atom stereocenters. The first-order valence-corrected chi connectivity index (χ1v) is 7.73. The van der Waals surface area contributed by atoms with Gasteiger partial charge in [-0.15, -0.1) is 6.58 Å². The fraction of sp³-hybridized carbons (Fsp3) is 0.389. The Bertz CT molecular complexity index is 677. The van der Waals surface area contributed by atoms with Gasteiger partial charge in [0, 0.05) is 11.8 Å². The summed E-state index contributed by atoms with van der Waals surface area (Å²) in [5.41, 5.74) is 1.68. The minimum absolute atomic E-state index is 0.120. The molecule has 0 aliphatic heterocycles. The number of rotatable bonds is 3. The summed E-state index contributed by atoms with van der Waals surface area (Å²) in [5.74, 6) is 1.53. The highest BCUT2D eigenvalue weighted by atomic mass is 35.5. The van der Waals surface area contributed by atoms with E-state index in [2.05, 4.69) is 6.58 Å². The van der Waals surface area contributed by atoms with Crippen LogP contribution in [-0.2, 0) is 16.6 Å². The van der Waals surface area contributed by atoms with Crippen molar-refractivity contribution in [1.82, 2.24) is 0 Å². The van der Waals surface area contributed by atoms with Crippen LogP contribution in [0.15, 0.2) is 30.9 Å². The molecule has 3 rings (SSSR count). The van der Waals surface area contributed by atoms with E-state index in [4.69, 9.17) is 21.1 Å². The first kappa shape index (κ1) is 15.2. The van der Waals surface area contributed by atoms with Gasteiger partial charge >= 0.3 is 0 Å². The molecule has 0 saturated carbocycles. The number of fused-ring (bicyclic) bond motifs is 3. The summed E-state index contributed by atoms with van der Waals surface area (Å²) in [6.07, 6.45) is 7.84. The maximum Gasteiger partial charge on any atom is 0.179 e. The smallest absolute Gasteiger partial charge is 0.179 e. The number of ether oxygens (including phenoxy) is 2. The van der Waals surface area contributed by atoms with Gasteiger partial charge in [0.15, 0.2) is 17.3 Å². The summed E-state index contributed by atoms with van der Waals surface area (Å²) in [6, 6.07) is 1.96. The maximum atomic E-state index is 12.0. The van der Waals surface area contributed by atoms with Crippen molar-refractivity contribution in [3.63, 3.8) is 0 Å². The Kier molecular flexibility index (Phi) is 3.77. The number of carbonyl (C=O) groups excluding carboxylic acids is 1. The van der Waals surface area contributed by atoms with E-state index in [0.29, 0.717) is 22.9 Å². The lowest BCUT2D eigenvalue weighted by atomic mass is 9.59. The lowest BCUT2D eigenvalue weighted by molar-refractivity contribution is -0.116. The second-order valence-corrected chi connectivity index (χ2v) is 6.22. The van der Waals surface area contributed by atoms with E-state index in [-0.39, 0.29) is 11.7 Å². The van der Waals surface area contributed by atoms with Crippen LogP contribution >= 0.6 is 11.6 Å². The van der Waals surface area contributed by atoms with Gasteiger partial charge in [0.25, 0.3) is 0 Å². The molecule has 0 bridgehead atoms. The molecule has 22 heavy (non-hydrogen) atoms. The fourth-order valence-electron chi connectivity index (χ4n) is 3.80.